The summed E-state index contributed by atoms with van der Waals surface area (Å²) in [6, 6.07) is 10.3. The van der Waals surface area contributed by atoms with Crippen molar-refractivity contribution in [3.8, 4) is 17.2 Å². The first-order valence-electron chi connectivity index (χ1n) is 12.7. The molecule has 1 N–H and O–H groups in total. The lowest BCUT2D eigenvalue weighted by Crippen LogP contribution is -2.40. The van der Waals surface area contributed by atoms with Crippen molar-refractivity contribution >= 4 is 17.1 Å². The number of aryl methyl sites for hydroxylation is 1. The minimum atomic E-state index is -0.670. The van der Waals surface area contributed by atoms with E-state index in [4.69, 9.17) is 18.9 Å². The maximum atomic E-state index is 12.4. The average Bonchev–Trinajstić information content (AvgIpc) is 3.22. The third-order valence-corrected chi connectivity index (χ3v) is 7.00. The van der Waals surface area contributed by atoms with Crippen LogP contribution in [0.3, 0.4) is 0 Å². The zero-order chi connectivity index (χ0) is 24.4. The quantitative estimate of drug-likeness (QED) is 0.303. The van der Waals surface area contributed by atoms with Crippen LogP contribution in [0.5, 0.6) is 17.2 Å². The molecule has 5 rings (SSSR count). The Morgan fingerprint density at radius 3 is 2.86 bits per heavy atom. The molecule has 2 aliphatic rings. The van der Waals surface area contributed by atoms with Crippen molar-refractivity contribution in [3.05, 3.63) is 52.7 Å². The molecular weight excluding hydrogens is 444 g/mol. The second-order valence-electron chi connectivity index (χ2n) is 9.25. The van der Waals surface area contributed by atoms with Gasteiger partial charge in [-0.1, -0.05) is 26.2 Å². The SMILES string of the molecule is CCCCCCc1[nH]c2ccc3c(c2c1OC(=O)OCC)CN1CCc2cc(OC)ccc2C1O3. The van der Waals surface area contributed by atoms with Crippen molar-refractivity contribution in [1.82, 2.24) is 9.88 Å². The van der Waals surface area contributed by atoms with E-state index in [-0.39, 0.29) is 12.8 Å². The first kappa shape index (κ1) is 23.5. The van der Waals surface area contributed by atoms with Gasteiger partial charge in [-0.15, -0.1) is 0 Å². The molecular formula is C28H34N2O5. The Labute approximate surface area is 206 Å². The smallest absolute Gasteiger partial charge is 0.497 e. The van der Waals surface area contributed by atoms with Gasteiger partial charge in [0.2, 0.25) is 0 Å². The predicted molar refractivity (Wildman–Crippen MR) is 134 cm³/mol. The Morgan fingerprint density at radius 2 is 2.06 bits per heavy atom. The highest BCUT2D eigenvalue weighted by Gasteiger charge is 2.35. The maximum Gasteiger partial charge on any atom is 0.513 e. The van der Waals surface area contributed by atoms with Crippen LogP contribution in [0.2, 0.25) is 0 Å². The molecule has 2 aliphatic heterocycles. The van der Waals surface area contributed by atoms with Gasteiger partial charge in [-0.25, -0.2) is 4.79 Å². The number of fused-ring (bicyclic) bond motifs is 6. The van der Waals surface area contributed by atoms with Gasteiger partial charge in [-0.2, -0.15) is 0 Å². The zero-order valence-electron chi connectivity index (χ0n) is 20.8. The Hall–Kier alpha value is -3.19. The van der Waals surface area contributed by atoms with Gasteiger partial charge in [0, 0.05) is 24.2 Å². The van der Waals surface area contributed by atoms with E-state index in [1.54, 1.807) is 14.0 Å². The summed E-state index contributed by atoms with van der Waals surface area (Å²) in [6.07, 6.45) is 5.49. The van der Waals surface area contributed by atoms with E-state index >= 15 is 0 Å². The molecule has 0 saturated heterocycles. The molecule has 0 aliphatic carbocycles. The number of hydrogen-bond acceptors (Lipinski definition) is 6. The molecule has 0 fully saturated rings. The monoisotopic (exact) mass is 478 g/mol. The van der Waals surface area contributed by atoms with Gasteiger partial charge in [-0.05, 0) is 62.1 Å². The van der Waals surface area contributed by atoms with Crippen LogP contribution in [0.4, 0.5) is 4.79 Å². The van der Waals surface area contributed by atoms with Gasteiger partial charge in [0.1, 0.15) is 11.5 Å². The number of benzene rings is 2. The highest BCUT2D eigenvalue weighted by atomic mass is 16.7. The minimum Gasteiger partial charge on any atom is -0.497 e. The van der Waals surface area contributed by atoms with Gasteiger partial charge in [0.25, 0.3) is 0 Å². The number of H-pyrrole nitrogens is 1. The van der Waals surface area contributed by atoms with Crippen LogP contribution in [-0.2, 0) is 24.1 Å². The normalized spacial score (nSPS) is 16.7. The van der Waals surface area contributed by atoms with Crippen LogP contribution in [0.15, 0.2) is 30.3 Å². The lowest BCUT2D eigenvalue weighted by Gasteiger charge is -2.41. The number of aromatic nitrogens is 1. The summed E-state index contributed by atoms with van der Waals surface area (Å²) in [5, 5.41) is 0.917. The molecule has 0 amide bonds. The largest absolute Gasteiger partial charge is 0.513 e. The summed E-state index contributed by atoms with van der Waals surface area (Å²) >= 11 is 0. The predicted octanol–water partition coefficient (Wildman–Crippen LogP) is 6.28. The van der Waals surface area contributed by atoms with Crippen molar-refractivity contribution in [3.63, 3.8) is 0 Å². The van der Waals surface area contributed by atoms with E-state index in [0.717, 1.165) is 72.4 Å². The highest BCUT2D eigenvalue weighted by Crippen LogP contribution is 2.45. The number of carbonyl (C=O) groups excluding carboxylic acids is 1. The topological polar surface area (TPSA) is 73.0 Å². The maximum absolute atomic E-state index is 12.4. The second-order valence-corrected chi connectivity index (χ2v) is 9.25. The first-order chi connectivity index (χ1) is 17.1. The van der Waals surface area contributed by atoms with E-state index in [0.29, 0.717) is 5.75 Å². The van der Waals surface area contributed by atoms with Crippen molar-refractivity contribution in [2.24, 2.45) is 0 Å². The second kappa shape index (κ2) is 10.2. The molecule has 0 bridgehead atoms. The van der Waals surface area contributed by atoms with Crippen molar-refractivity contribution in [2.45, 2.75) is 65.1 Å². The van der Waals surface area contributed by atoms with Gasteiger partial charge in [-0.3, -0.25) is 4.90 Å². The number of nitrogens with one attached hydrogen (secondary N) is 1. The summed E-state index contributed by atoms with van der Waals surface area (Å²) < 4.78 is 22.9. The fraction of sp³-hybridized carbons (Fsp3) is 0.464. The molecule has 186 valence electrons. The molecule has 0 spiro atoms. The lowest BCUT2D eigenvalue weighted by molar-refractivity contribution is -0.00964. The number of hydrogen-bond donors (Lipinski definition) is 1. The van der Waals surface area contributed by atoms with E-state index in [1.165, 1.54) is 24.0 Å². The van der Waals surface area contributed by atoms with E-state index in [1.807, 2.05) is 18.2 Å². The molecule has 35 heavy (non-hydrogen) atoms. The van der Waals surface area contributed by atoms with Crippen LogP contribution in [-0.4, -0.2) is 36.3 Å². The third-order valence-electron chi connectivity index (χ3n) is 7.00. The van der Waals surface area contributed by atoms with Gasteiger partial charge in [0.15, 0.2) is 12.0 Å². The summed E-state index contributed by atoms with van der Waals surface area (Å²) in [4.78, 5) is 18.2. The lowest BCUT2D eigenvalue weighted by atomic mass is 9.95. The standard InChI is InChI=1S/C28H34N2O5/c1-4-6-7-8-9-23-26(35-28(31)33-5-2)25-21-17-30-15-14-18-16-19(32-3)10-11-20(18)27(30)34-24(21)13-12-22(25)29-23/h10-13,16,27,29H,4-9,14-15,17H2,1-3H3. The fourth-order valence-corrected chi connectivity index (χ4v) is 5.25. The number of carbonyl (C=O) groups is 1. The minimum absolute atomic E-state index is 0.142. The van der Waals surface area contributed by atoms with Crippen molar-refractivity contribution < 1.29 is 23.7 Å². The Morgan fingerprint density at radius 1 is 1.17 bits per heavy atom. The van der Waals surface area contributed by atoms with Gasteiger partial charge in [0.05, 0.1) is 30.3 Å². The van der Waals surface area contributed by atoms with Crippen molar-refractivity contribution in [2.75, 3.05) is 20.3 Å². The molecule has 3 aromatic rings. The molecule has 2 aromatic carbocycles. The van der Waals surface area contributed by atoms with Crippen LogP contribution in [0, 0.1) is 0 Å². The summed E-state index contributed by atoms with van der Waals surface area (Å²) in [5.41, 5.74) is 5.38. The number of aromatic amines is 1. The number of nitrogens with zero attached hydrogens (tertiary/aromatic N) is 1. The highest BCUT2D eigenvalue weighted by molar-refractivity contribution is 5.94. The summed E-state index contributed by atoms with van der Waals surface area (Å²) in [7, 11) is 1.69. The summed E-state index contributed by atoms with van der Waals surface area (Å²) in [5.74, 6) is 2.28. The number of ether oxygens (including phenoxy) is 4. The van der Waals surface area contributed by atoms with Crippen LogP contribution >= 0.6 is 0 Å². The Kier molecular flexibility index (Phi) is 6.86. The van der Waals surface area contributed by atoms with Crippen LogP contribution < -0.4 is 14.2 Å². The third kappa shape index (κ3) is 4.57. The van der Waals surface area contributed by atoms with Gasteiger partial charge < -0.3 is 23.9 Å². The zero-order valence-corrected chi connectivity index (χ0v) is 20.8. The Bertz CT molecular complexity index is 1220. The Balaban J connectivity index is 1.52. The molecule has 0 radical (unpaired) electrons. The van der Waals surface area contributed by atoms with E-state index in [2.05, 4.69) is 28.9 Å². The number of rotatable bonds is 8. The molecule has 0 saturated carbocycles. The first-order valence-corrected chi connectivity index (χ1v) is 12.7. The molecule has 7 heteroatoms. The average molecular weight is 479 g/mol. The van der Waals surface area contributed by atoms with E-state index in [9.17, 15) is 4.79 Å². The fourth-order valence-electron chi connectivity index (χ4n) is 5.25. The van der Waals surface area contributed by atoms with E-state index < -0.39 is 6.16 Å². The van der Waals surface area contributed by atoms with Gasteiger partial charge >= 0.3 is 6.16 Å². The van der Waals surface area contributed by atoms with Crippen LogP contribution in [0.1, 0.15) is 68.1 Å². The number of methoxy groups -OCH3 is 1. The summed E-state index contributed by atoms with van der Waals surface area (Å²) in [6.45, 7) is 5.85. The number of unbranched alkanes of at least 4 members (excludes halogenated alkanes) is 3. The molecule has 1 aromatic heterocycles. The molecule has 3 heterocycles. The van der Waals surface area contributed by atoms with Crippen molar-refractivity contribution in [1.29, 1.82) is 0 Å². The van der Waals surface area contributed by atoms with Crippen LogP contribution in [0.25, 0.3) is 10.9 Å². The molecule has 7 nitrogen and oxygen atoms in total. The molecule has 1 atom stereocenters. The molecule has 1 unspecified atom stereocenters.